The van der Waals surface area contributed by atoms with Crippen molar-refractivity contribution in [3.8, 4) is 0 Å². The number of carbonyl (C=O) groups is 2. The fourth-order valence-electron chi connectivity index (χ4n) is 2.54. The third-order valence-corrected chi connectivity index (χ3v) is 4.17. The minimum atomic E-state index is -4.42. The van der Waals surface area contributed by atoms with Crippen molar-refractivity contribution in [3.63, 3.8) is 0 Å². The molecule has 0 heterocycles. The molecule has 2 aromatic carbocycles. The lowest BCUT2D eigenvalue weighted by atomic mass is 10.1. The summed E-state index contributed by atoms with van der Waals surface area (Å²) in [4.78, 5) is 25.5. The summed E-state index contributed by atoms with van der Waals surface area (Å²) >= 11 is 0. The largest absolute Gasteiger partial charge is 0.416 e. The van der Waals surface area contributed by atoms with Gasteiger partial charge in [0.2, 0.25) is 11.8 Å². The molecule has 0 aromatic heterocycles. The first kappa shape index (κ1) is 20.5. The Bertz CT molecular complexity index is 802. The number of alkyl halides is 3. The van der Waals surface area contributed by atoms with Gasteiger partial charge in [-0.05, 0) is 42.3 Å². The predicted molar refractivity (Wildman–Crippen MR) is 97.0 cm³/mol. The maximum atomic E-state index is 12.5. The van der Waals surface area contributed by atoms with E-state index >= 15 is 0 Å². The van der Waals surface area contributed by atoms with E-state index in [2.05, 4.69) is 5.32 Å². The summed E-state index contributed by atoms with van der Waals surface area (Å²) in [6.07, 6.45) is -4.37. The molecule has 0 atom stereocenters. The zero-order valence-electron chi connectivity index (χ0n) is 15.1. The van der Waals surface area contributed by atoms with Crippen LogP contribution in [0.3, 0.4) is 0 Å². The Morgan fingerprint density at radius 1 is 1.04 bits per heavy atom. The lowest BCUT2D eigenvalue weighted by Gasteiger charge is -2.22. The van der Waals surface area contributed by atoms with Gasteiger partial charge in [0.15, 0.2) is 0 Å². The van der Waals surface area contributed by atoms with Crippen LogP contribution in [-0.2, 0) is 22.3 Å². The van der Waals surface area contributed by atoms with Crippen molar-refractivity contribution in [3.05, 3.63) is 65.2 Å². The Morgan fingerprint density at radius 3 is 2.22 bits per heavy atom. The highest BCUT2D eigenvalue weighted by molar-refractivity contribution is 5.91. The highest BCUT2D eigenvalue weighted by Crippen LogP contribution is 2.29. The molecule has 2 amide bonds. The highest BCUT2D eigenvalue weighted by Gasteiger charge is 2.30. The molecule has 0 radical (unpaired) electrons. The molecule has 0 spiro atoms. The van der Waals surface area contributed by atoms with Crippen molar-refractivity contribution in [2.45, 2.75) is 33.0 Å². The number of nitrogens with zero attached hydrogens (tertiary/aromatic N) is 1. The molecule has 7 heteroatoms. The number of anilines is 1. The summed E-state index contributed by atoms with van der Waals surface area (Å²) in [5.74, 6) is -0.522. The number of amides is 2. The maximum absolute atomic E-state index is 12.5. The molecular formula is C20H21F3N2O2. The molecule has 2 rings (SSSR count). The van der Waals surface area contributed by atoms with E-state index in [9.17, 15) is 22.8 Å². The van der Waals surface area contributed by atoms with Crippen LogP contribution >= 0.6 is 0 Å². The Morgan fingerprint density at radius 2 is 1.67 bits per heavy atom. The summed E-state index contributed by atoms with van der Waals surface area (Å²) in [5.41, 5.74) is 1.55. The summed E-state index contributed by atoms with van der Waals surface area (Å²) in [5, 5.41) is 2.55. The van der Waals surface area contributed by atoms with Gasteiger partial charge in [0, 0.05) is 32.1 Å². The van der Waals surface area contributed by atoms with Crippen LogP contribution in [0.25, 0.3) is 0 Å². The van der Waals surface area contributed by atoms with E-state index in [1.54, 1.807) is 4.90 Å². The quantitative estimate of drug-likeness (QED) is 0.810. The van der Waals surface area contributed by atoms with Crippen LogP contribution in [0.15, 0.2) is 48.5 Å². The molecule has 0 saturated carbocycles. The zero-order valence-corrected chi connectivity index (χ0v) is 15.1. The van der Waals surface area contributed by atoms with Gasteiger partial charge in [0.25, 0.3) is 0 Å². The minimum Gasteiger partial charge on any atom is -0.338 e. The van der Waals surface area contributed by atoms with E-state index in [1.165, 1.54) is 19.1 Å². The number of hydrogen-bond donors (Lipinski definition) is 1. The monoisotopic (exact) mass is 378 g/mol. The number of rotatable bonds is 6. The molecule has 0 bridgehead atoms. The molecule has 144 valence electrons. The van der Waals surface area contributed by atoms with E-state index in [1.807, 2.05) is 31.2 Å². The lowest BCUT2D eigenvalue weighted by molar-refractivity contribution is -0.137. The van der Waals surface area contributed by atoms with E-state index in [-0.39, 0.29) is 30.5 Å². The van der Waals surface area contributed by atoms with Crippen LogP contribution in [0, 0.1) is 6.92 Å². The summed E-state index contributed by atoms with van der Waals surface area (Å²) < 4.78 is 37.6. The summed E-state index contributed by atoms with van der Waals surface area (Å²) in [6.45, 7) is 4.00. The summed E-state index contributed by atoms with van der Waals surface area (Å²) in [7, 11) is 0. The van der Waals surface area contributed by atoms with Crippen LogP contribution in [0.4, 0.5) is 18.9 Å². The molecule has 0 unspecified atom stereocenters. The molecule has 0 aliphatic heterocycles. The molecule has 27 heavy (non-hydrogen) atoms. The van der Waals surface area contributed by atoms with Gasteiger partial charge in [-0.25, -0.2) is 0 Å². The first-order valence-electron chi connectivity index (χ1n) is 8.44. The van der Waals surface area contributed by atoms with Gasteiger partial charge in [-0.1, -0.05) is 24.3 Å². The number of carbonyl (C=O) groups excluding carboxylic acids is 2. The van der Waals surface area contributed by atoms with Crippen molar-refractivity contribution in [1.82, 2.24) is 4.90 Å². The molecule has 4 nitrogen and oxygen atoms in total. The van der Waals surface area contributed by atoms with Gasteiger partial charge in [-0.15, -0.1) is 0 Å². The Kier molecular flexibility index (Phi) is 6.60. The predicted octanol–water partition coefficient (Wildman–Crippen LogP) is 4.39. The van der Waals surface area contributed by atoms with Crippen LogP contribution in [0.2, 0.25) is 0 Å². The third kappa shape index (κ3) is 6.13. The average molecular weight is 378 g/mol. The van der Waals surface area contributed by atoms with Crippen LogP contribution in [0.5, 0.6) is 0 Å². The van der Waals surface area contributed by atoms with E-state index in [0.717, 1.165) is 23.3 Å². The maximum Gasteiger partial charge on any atom is 0.416 e. The molecule has 1 N–H and O–H groups in total. The fraction of sp³-hybridized carbons (Fsp3) is 0.300. The minimum absolute atomic E-state index is 0.0481. The van der Waals surface area contributed by atoms with Gasteiger partial charge in [0.1, 0.15) is 0 Å². The van der Waals surface area contributed by atoms with Gasteiger partial charge >= 0.3 is 6.18 Å². The van der Waals surface area contributed by atoms with E-state index in [4.69, 9.17) is 0 Å². The van der Waals surface area contributed by atoms with Gasteiger partial charge in [-0.2, -0.15) is 13.2 Å². The molecule has 0 fully saturated rings. The Hall–Kier alpha value is -2.83. The molecule has 0 saturated heterocycles. The fourth-order valence-corrected chi connectivity index (χ4v) is 2.54. The zero-order chi connectivity index (χ0) is 20.0. The number of hydrogen-bond acceptors (Lipinski definition) is 2. The highest BCUT2D eigenvalue weighted by atomic mass is 19.4. The second-order valence-electron chi connectivity index (χ2n) is 6.24. The number of nitrogens with one attached hydrogen (secondary N) is 1. The second kappa shape index (κ2) is 8.70. The van der Waals surface area contributed by atoms with Gasteiger partial charge in [0.05, 0.1) is 5.56 Å². The van der Waals surface area contributed by atoms with Crippen molar-refractivity contribution < 1.29 is 22.8 Å². The second-order valence-corrected chi connectivity index (χ2v) is 6.24. The first-order valence-corrected chi connectivity index (χ1v) is 8.44. The molecular weight excluding hydrogens is 357 g/mol. The van der Waals surface area contributed by atoms with Crippen molar-refractivity contribution in [2.24, 2.45) is 0 Å². The first-order chi connectivity index (χ1) is 12.7. The van der Waals surface area contributed by atoms with Crippen LogP contribution in [-0.4, -0.2) is 23.3 Å². The molecule has 2 aromatic rings. The van der Waals surface area contributed by atoms with Crippen molar-refractivity contribution >= 4 is 17.5 Å². The van der Waals surface area contributed by atoms with Crippen molar-refractivity contribution in [1.29, 1.82) is 0 Å². The SMILES string of the molecule is CC(=O)N(CCC(=O)Nc1ccc(C(F)(F)F)cc1)Cc1ccccc1C. The van der Waals surface area contributed by atoms with E-state index in [0.29, 0.717) is 6.54 Å². The van der Waals surface area contributed by atoms with Crippen LogP contribution < -0.4 is 5.32 Å². The van der Waals surface area contributed by atoms with Crippen molar-refractivity contribution in [2.75, 3.05) is 11.9 Å². The smallest absolute Gasteiger partial charge is 0.338 e. The van der Waals surface area contributed by atoms with Gasteiger partial charge in [-0.3, -0.25) is 9.59 Å². The summed E-state index contributed by atoms with van der Waals surface area (Å²) in [6, 6.07) is 11.9. The molecule has 0 aliphatic rings. The standard InChI is InChI=1S/C20H21F3N2O2/c1-14-5-3-4-6-16(14)13-25(15(2)26)12-11-19(27)24-18-9-7-17(8-10-18)20(21,22)23/h3-10H,11-13H2,1-2H3,(H,24,27). The van der Waals surface area contributed by atoms with Crippen LogP contribution in [0.1, 0.15) is 30.0 Å². The van der Waals surface area contributed by atoms with Gasteiger partial charge < -0.3 is 10.2 Å². The lowest BCUT2D eigenvalue weighted by Crippen LogP contribution is -2.31. The Balaban J connectivity index is 1.92. The average Bonchev–Trinajstić information content (AvgIpc) is 2.59. The Labute approximate surface area is 156 Å². The topological polar surface area (TPSA) is 49.4 Å². The molecule has 0 aliphatic carbocycles. The van der Waals surface area contributed by atoms with E-state index < -0.39 is 11.7 Å². The normalized spacial score (nSPS) is 11.1. The number of halogens is 3. The number of benzene rings is 2. The number of aryl methyl sites for hydroxylation is 1. The third-order valence-electron chi connectivity index (χ3n) is 4.17.